The van der Waals surface area contributed by atoms with Crippen molar-refractivity contribution in [2.45, 2.75) is 13.0 Å². The maximum Gasteiger partial charge on any atom is 0.251 e. The highest BCUT2D eigenvalue weighted by molar-refractivity contribution is 7.80. The molecule has 0 bridgehead atoms. The van der Waals surface area contributed by atoms with E-state index in [4.69, 9.17) is 12.2 Å². The number of amides is 1. The van der Waals surface area contributed by atoms with E-state index in [1.165, 1.54) is 6.07 Å². The zero-order chi connectivity index (χ0) is 19.9. The number of thiocarbonyl (C=S) groups is 1. The molecule has 6 heteroatoms. The summed E-state index contributed by atoms with van der Waals surface area (Å²) in [7, 11) is 0. The number of para-hydroxylation sites is 1. The molecule has 0 aliphatic rings. The van der Waals surface area contributed by atoms with E-state index in [1.807, 2.05) is 61.5 Å². The highest BCUT2D eigenvalue weighted by Gasteiger charge is 2.22. The summed E-state index contributed by atoms with van der Waals surface area (Å²) in [5.41, 5.74) is 2.72. The van der Waals surface area contributed by atoms with Gasteiger partial charge in [-0.2, -0.15) is 0 Å². The van der Waals surface area contributed by atoms with Crippen molar-refractivity contribution in [3.05, 3.63) is 95.8 Å². The van der Waals surface area contributed by atoms with Crippen LogP contribution in [0.2, 0.25) is 0 Å². The van der Waals surface area contributed by atoms with Gasteiger partial charge in [-0.25, -0.2) is 4.39 Å². The van der Waals surface area contributed by atoms with Crippen molar-refractivity contribution in [3.63, 3.8) is 0 Å². The fraction of sp³-hybridized carbons (Fsp3) is 0.0909. The summed E-state index contributed by atoms with van der Waals surface area (Å²) in [6.07, 6.45) is 0. The molecule has 0 radical (unpaired) electrons. The lowest BCUT2D eigenvalue weighted by Gasteiger charge is -2.21. The zero-order valence-corrected chi connectivity index (χ0v) is 16.1. The third-order valence-corrected chi connectivity index (χ3v) is 4.30. The van der Waals surface area contributed by atoms with Gasteiger partial charge in [0, 0.05) is 5.69 Å². The molecule has 28 heavy (non-hydrogen) atoms. The summed E-state index contributed by atoms with van der Waals surface area (Å²) in [6.45, 7) is 1.95. The first-order valence-electron chi connectivity index (χ1n) is 8.77. The summed E-state index contributed by atoms with van der Waals surface area (Å²) < 4.78 is 13.9. The molecule has 3 aromatic carbocycles. The molecule has 0 saturated heterocycles. The number of aryl methyl sites for hydroxylation is 1. The third kappa shape index (κ3) is 5.14. The van der Waals surface area contributed by atoms with Crippen molar-refractivity contribution < 1.29 is 9.18 Å². The van der Waals surface area contributed by atoms with Gasteiger partial charge in [0.15, 0.2) is 5.11 Å². The van der Waals surface area contributed by atoms with Crippen LogP contribution in [0.5, 0.6) is 0 Å². The van der Waals surface area contributed by atoms with Gasteiger partial charge in [0.05, 0.1) is 5.69 Å². The zero-order valence-electron chi connectivity index (χ0n) is 15.3. The second kappa shape index (κ2) is 9.10. The number of hydrogen-bond acceptors (Lipinski definition) is 2. The molecule has 1 amide bonds. The normalized spacial score (nSPS) is 11.4. The number of benzene rings is 3. The minimum absolute atomic E-state index is 0.151. The fourth-order valence-corrected chi connectivity index (χ4v) is 2.96. The van der Waals surface area contributed by atoms with Crippen molar-refractivity contribution >= 4 is 34.6 Å². The number of rotatable bonds is 5. The minimum Gasteiger partial charge on any atom is -0.347 e. The molecule has 142 valence electrons. The second-order valence-corrected chi connectivity index (χ2v) is 6.69. The van der Waals surface area contributed by atoms with Crippen LogP contribution in [0, 0.1) is 12.7 Å². The van der Waals surface area contributed by atoms with Crippen LogP contribution >= 0.6 is 12.2 Å². The molecular formula is C22H20FN3OS. The number of carbonyl (C=O) groups excluding carboxylic acids is 1. The maximum absolute atomic E-state index is 13.9. The number of carbonyl (C=O) groups is 1. The van der Waals surface area contributed by atoms with Crippen molar-refractivity contribution in [2.24, 2.45) is 0 Å². The lowest BCUT2D eigenvalue weighted by Crippen LogP contribution is -2.39. The number of nitrogens with one attached hydrogen (secondary N) is 3. The van der Waals surface area contributed by atoms with Gasteiger partial charge in [0.1, 0.15) is 11.9 Å². The summed E-state index contributed by atoms with van der Waals surface area (Å²) >= 11 is 5.31. The Kier molecular flexibility index (Phi) is 6.34. The summed E-state index contributed by atoms with van der Waals surface area (Å²) in [6, 6.07) is 22.2. The first kappa shape index (κ1) is 19.5. The lowest BCUT2D eigenvalue weighted by atomic mass is 10.1. The van der Waals surface area contributed by atoms with E-state index in [1.54, 1.807) is 18.2 Å². The molecule has 0 saturated carbocycles. The first-order valence-corrected chi connectivity index (χ1v) is 9.18. The van der Waals surface area contributed by atoms with E-state index in [-0.39, 0.29) is 16.7 Å². The Bertz CT molecular complexity index is 978. The largest absolute Gasteiger partial charge is 0.347 e. The monoisotopic (exact) mass is 393 g/mol. The van der Waals surface area contributed by atoms with Gasteiger partial charge in [0.2, 0.25) is 0 Å². The van der Waals surface area contributed by atoms with E-state index in [9.17, 15) is 9.18 Å². The Morgan fingerprint density at radius 3 is 2.36 bits per heavy atom. The van der Waals surface area contributed by atoms with Crippen LogP contribution < -0.4 is 16.0 Å². The predicted octanol–water partition coefficient (Wildman–Crippen LogP) is 4.80. The molecule has 1 unspecified atom stereocenters. The Morgan fingerprint density at radius 2 is 1.64 bits per heavy atom. The van der Waals surface area contributed by atoms with Crippen LogP contribution in [-0.4, -0.2) is 11.0 Å². The van der Waals surface area contributed by atoms with Gasteiger partial charge in [-0.1, -0.05) is 54.6 Å². The van der Waals surface area contributed by atoms with E-state index in [2.05, 4.69) is 16.0 Å². The van der Waals surface area contributed by atoms with Gasteiger partial charge in [0.25, 0.3) is 5.91 Å². The highest BCUT2D eigenvalue weighted by atomic mass is 32.1. The fourth-order valence-electron chi connectivity index (χ4n) is 2.74. The van der Waals surface area contributed by atoms with E-state index in [0.29, 0.717) is 5.69 Å². The standard InChI is InChI=1S/C22H20FN3OS/c1-15-8-7-11-17(14-15)24-21(27)20(16-9-3-2-4-10-16)26-22(28)25-19-13-6-5-12-18(19)23/h2-14,20H,1H3,(H,24,27)(H2,25,26,28). The summed E-state index contributed by atoms with van der Waals surface area (Å²) in [5.74, 6) is -0.693. The van der Waals surface area contributed by atoms with Gasteiger partial charge in [-0.3, -0.25) is 4.79 Å². The molecule has 3 aromatic rings. The second-order valence-electron chi connectivity index (χ2n) is 6.28. The molecule has 4 nitrogen and oxygen atoms in total. The van der Waals surface area contributed by atoms with E-state index in [0.717, 1.165) is 11.1 Å². The van der Waals surface area contributed by atoms with Crippen LogP contribution in [0.15, 0.2) is 78.9 Å². The highest BCUT2D eigenvalue weighted by Crippen LogP contribution is 2.18. The smallest absolute Gasteiger partial charge is 0.251 e. The average Bonchev–Trinajstić information content (AvgIpc) is 2.68. The topological polar surface area (TPSA) is 53.2 Å². The molecule has 0 aliphatic heterocycles. The van der Waals surface area contributed by atoms with E-state index < -0.39 is 11.9 Å². The quantitative estimate of drug-likeness (QED) is 0.545. The molecule has 0 spiro atoms. The lowest BCUT2D eigenvalue weighted by molar-refractivity contribution is -0.117. The Balaban J connectivity index is 1.78. The third-order valence-electron chi connectivity index (χ3n) is 4.08. The number of hydrogen-bond donors (Lipinski definition) is 3. The molecule has 1 atom stereocenters. The first-order chi connectivity index (χ1) is 13.5. The molecule has 0 heterocycles. The van der Waals surface area contributed by atoms with Crippen molar-refractivity contribution in [1.82, 2.24) is 5.32 Å². The molecule has 0 aromatic heterocycles. The van der Waals surface area contributed by atoms with Crippen molar-refractivity contribution in [1.29, 1.82) is 0 Å². The number of anilines is 2. The molecule has 0 fully saturated rings. The average molecular weight is 393 g/mol. The minimum atomic E-state index is -0.742. The summed E-state index contributed by atoms with van der Waals surface area (Å²) in [5, 5.41) is 8.84. The summed E-state index contributed by atoms with van der Waals surface area (Å²) in [4.78, 5) is 12.9. The van der Waals surface area contributed by atoms with E-state index >= 15 is 0 Å². The maximum atomic E-state index is 13.9. The van der Waals surface area contributed by atoms with Crippen LogP contribution in [-0.2, 0) is 4.79 Å². The van der Waals surface area contributed by atoms with Gasteiger partial charge < -0.3 is 16.0 Å². The Hall–Kier alpha value is -3.25. The Labute approximate surface area is 168 Å². The van der Waals surface area contributed by atoms with Crippen LogP contribution in [0.3, 0.4) is 0 Å². The van der Waals surface area contributed by atoms with Crippen molar-refractivity contribution in [3.8, 4) is 0 Å². The molecule has 3 N–H and O–H groups in total. The molecular weight excluding hydrogens is 373 g/mol. The van der Waals surface area contributed by atoms with Crippen molar-refractivity contribution in [2.75, 3.05) is 10.6 Å². The van der Waals surface area contributed by atoms with Gasteiger partial charge in [-0.05, 0) is 54.5 Å². The van der Waals surface area contributed by atoms with Gasteiger partial charge in [-0.15, -0.1) is 0 Å². The van der Waals surface area contributed by atoms with Crippen LogP contribution in [0.1, 0.15) is 17.2 Å². The number of halogens is 1. The van der Waals surface area contributed by atoms with Gasteiger partial charge >= 0.3 is 0 Å². The predicted molar refractivity (Wildman–Crippen MR) is 115 cm³/mol. The molecule has 3 rings (SSSR count). The molecule has 0 aliphatic carbocycles. The van der Waals surface area contributed by atoms with Crippen LogP contribution in [0.25, 0.3) is 0 Å². The Morgan fingerprint density at radius 1 is 0.929 bits per heavy atom. The van der Waals surface area contributed by atoms with Crippen LogP contribution in [0.4, 0.5) is 15.8 Å². The SMILES string of the molecule is Cc1cccc(NC(=O)C(NC(=S)Nc2ccccc2F)c2ccccc2)c1.